The van der Waals surface area contributed by atoms with Gasteiger partial charge in [-0.3, -0.25) is 0 Å². The van der Waals surface area contributed by atoms with E-state index in [1.807, 2.05) is 38.1 Å². The van der Waals surface area contributed by atoms with E-state index in [-0.39, 0.29) is 6.04 Å². The van der Waals surface area contributed by atoms with Crippen molar-refractivity contribution in [3.63, 3.8) is 0 Å². The highest BCUT2D eigenvalue weighted by Crippen LogP contribution is 2.18. The zero-order chi connectivity index (χ0) is 14.5. The SMILES string of the molecule is Cc1ccccc1C(C)NS(=O)(=O)N(C)CCCN. The smallest absolute Gasteiger partial charge is 0.279 e. The molecule has 3 N–H and O–H groups in total. The van der Waals surface area contributed by atoms with Gasteiger partial charge < -0.3 is 5.73 Å². The number of nitrogens with two attached hydrogens (primary N) is 1. The first-order valence-corrected chi connectivity index (χ1v) is 7.81. The minimum Gasteiger partial charge on any atom is -0.330 e. The predicted octanol–water partition coefficient (Wildman–Crippen LogP) is 1.17. The van der Waals surface area contributed by atoms with Crippen LogP contribution >= 0.6 is 0 Å². The molecule has 108 valence electrons. The standard InChI is InChI=1S/C13H23N3O2S/c1-11-7-4-5-8-13(11)12(2)15-19(17,18)16(3)10-6-9-14/h4-5,7-8,12,15H,6,9-10,14H2,1-3H3. The molecule has 5 nitrogen and oxygen atoms in total. The van der Waals surface area contributed by atoms with Crippen LogP contribution in [0.2, 0.25) is 0 Å². The maximum Gasteiger partial charge on any atom is 0.279 e. The van der Waals surface area contributed by atoms with Crippen molar-refractivity contribution in [1.82, 2.24) is 9.03 Å². The monoisotopic (exact) mass is 285 g/mol. The van der Waals surface area contributed by atoms with Crippen LogP contribution in [0.15, 0.2) is 24.3 Å². The van der Waals surface area contributed by atoms with Crippen molar-refractivity contribution in [3.05, 3.63) is 35.4 Å². The van der Waals surface area contributed by atoms with Gasteiger partial charge in [-0.05, 0) is 37.9 Å². The number of nitrogens with zero attached hydrogens (tertiary/aromatic N) is 1. The lowest BCUT2D eigenvalue weighted by atomic mass is 10.0. The van der Waals surface area contributed by atoms with Crippen molar-refractivity contribution in [2.24, 2.45) is 5.73 Å². The average molecular weight is 285 g/mol. The third-order valence-corrected chi connectivity index (χ3v) is 4.72. The molecule has 0 heterocycles. The summed E-state index contributed by atoms with van der Waals surface area (Å²) in [5.41, 5.74) is 7.45. The number of hydrogen-bond donors (Lipinski definition) is 2. The van der Waals surface area contributed by atoms with Crippen LogP contribution in [0.5, 0.6) is 0 Å². The summed E-state index contributed by atoms with van der Waals surface area (Å²) in [7, 11) is -1.91. The van der Waals surface area contributed by atoms with Crippen LogP contribution in [-0.4, -0.2) is 32.9 Å². The molecule has 0 aromatic heterocycles. The normalized spacial score (nSPS) is 13.7. The fourth-order valence-corrected chi connectivity index (χ4v) is 3.01. The van der Waals surface area contributed by atoms with Crippen molar-refractivity contribution in [3.8, 4) is 0 Å². The Morgan fingerprint density at radius 2 is 2.00 bits per heavy atom. The van der Waals surface area contributed by atoms with E-state index in [9.17, 15) is 8.42 Å². The topological polar surface area (TPSA) is 75.4 Å². The van der Waals surface area contributed by atoms with Gasteiger partial charge in [0, 0.05) is 19.6 Å². The molecule has 0 spiro atoms. The van der Waals surface area contributed by atoms with Gasteiger partial charge in [-0.1, -0.05) is 24.3 Å². The first-order valence-electron chi connectivity index (χ1n) is 6.37. The molecule has 0 aliphatic rings. The largest absolute Gasteiger partial charge is 0.330 e. The van der Waals surface area contributed by atoms with Crippen molar-refractivity contribution >= 4 is 10.2 Å². The summed E-state index contributed by atoms with van der Waals surface area (Å²) in [6.45, 7) is 4.72. The van der Waals surface area contributed by atoms with E-state index in [2.05, 4.69) is 4.72 Å². The third-order valence-electron chi connectivity index (χ3n) is 3.07. The van der Waals surface area contributed by atoms with E-state index in [0.717, 1.165) is 11.1 Å². The van der Waals surface area contributed by atoms with Crippen LogP contribution in [0.25, 0.3) is 0 Å². The summed E-state index contributed by atoms with van der Waals surface area (Å²) in [4.78, 5) is 0. The zero-order valence-corrected chi connectivity index (χ0v) is 12.6. The molecule has 1 aromatic carbocycles. The predicted molar refractivity (Wildman–Crippen MR) is 78.0 cm³/mol. The second-order valence-corrected chi connectivity index (χ2v) is 6.47. The zero-order valence-electron chi connectivity index (χ0n) is 11.8. The summed E-state index contributed by atoms with van der Waals surface area (Å²) in [6, 6.07) is 7.49. The molecule has 0 bridgehead atoms. The molecular formula is C13H23N3O2S. The molecule has 1 rings (SSSR count). The lowest BCUT2D eigenvalue weighted by Gasteiger charge is -2.22. The van der Waals surface area contributed by atoms with E-state index >= 15 is 0 Å². The lowest BCUT2D eigenvalue weighted by Crippen LogP contribution is -2.40. The molecule has 0 radical (unpaired) electrons. The molecule has 1 atom stereocenters. The van der Waals surface area contributed by atoms with Crippen molar-refractivity contribution in [1.29, 1.82) is 0 Å². The Bertz CT molecular complexity index is 502. The van der Waals surface area contributed by atoms with Crippen molar-refractivity contribution < 1.29 is 8.42 Å². The number of rotatable bonds is 7. The van der Waals surface area contributed by atoms with Crippen LogP contribution in [0.1, 0.15) is 30.5 Å². The van der Waals surface area contributed by atoms with Gasteiger partial charge in [-0.25, -0.2) is 0 Å². The molecule has 1 aromatic rings. The number of aryl methyl sites for hydroxylation is 1. The highest BCUT2D eigenvalue weighted by Gasteiger charge is 2.21. The fraction of sp³-hybridized carbons (Fsp3) is 0.538. The van der Waals surface area contributed by atoms with E-state index in [0.29, 0.717) is 19.5 Å². The molecule has 0 saturated carbocycles. The van der Waals surface area contributed by atoms with E-state index in [1.165, 1.54) is 4.31 Å². The Labute approximate surface area is 116 Å². The molecule has 6 heteroatoms. The number of benzene rings is 1. The van der Waals surface area contributed by atoms with Gasteiger partial charge in [-0.2, -0.15) is 17.4 Å². The molecular weight excluding hydrogens is 262 g/mol. The summed E-state index contributed by atoms with van der Waals surface area (Å²) < 4.78 is 28.2. The van der Waals surface area contributed by atoms with Gasteiger partial charge in [0.15, 0.2) is 0 Å². The van der Waals surface area contributed by atoms with Gasteiger partial charge >= 0.3 is 0 Å². The summed E-state index contributed by atoms with van der Waals surface area (Å²) in [5.74, 6) is 0. The number of nitrogens with one attached hydrogen (secondary N) is 1. The van der Waals surface area contributed by atoms with E-state index in [4.69, 9.17) is 5.73 Å². The van der Waals surface area contributed by atoms with Crippen LogP contribution in [-0.2, 0) is 10.2 Å². The molecule has 0 amide bonds. The van der Waals surface area contributed by atoms with E-state index < -0.39 is 10.2 Å². The minimum absolute atomic E-state index is 0.258. The highest BCUT2D eigenvalue weighted by molar-refractivity contribution is 7.87. The third kappa shape index (κ3) is 4.58. The average Bonchev–Trinajstić information content (AvgIpc) is 2.35. The van der Waals surface area contributed by atoms with Gasteiger partial charge in [-0.15, -0.1) is 0 Å². The maximum absolute atomic E-state index is 12.1. The van der Waals surface area contributed by atoms with Crippen LogP contribution in [0, 0.1) is 6.92 Å². The molecule has 0 fully saturated rings. The van der Waals surface area contributed by atoms with Crippen LogP contribution in [0.3, 0.4) is 0 Å². The quantitative estimate of drug-likeness (QED) is 0.789. The first-order chi connectivity index (χ1) is 8.88. The van der Waals surface area contributed by atoms with E-state index in [1.54, 1.807) is 7.05 Å². The Morgan fingerprint density at radius 1 is 1.37 bits per heavy atom. The van der Waals surface area contributed by atoms with Gasteiger partial charge in [0.25, 0.3) is 10.2 Å². The summed E-state index contributed by atoms with van der Waals surface area (Å²) in [6.07, 6.45) is 0.649. The summed E-state index contributed by atoms with van der Waals surface area (Å²) in [5, 5.41) is 0. The van der Waals surface area contributed by atoms with Crippen molar-refractivity contribution in [2.75, 3.05) is 20.1 Å². The first kappa shape index (κ1) is 16.1. The number of hydrogen-bond acceptors (Lipinski definition) is 3. The Balaban J connectivity index is 2.76. The molecule has 0 aliphatic heterocycles. The maximum atomic E-state index is 12.1. The van der Waals surface area contributed by atoms with Crippen LogP contribution in [0.4, 0.5) is 0 Å². The van der Waals surface area contributed by atoms with Gasteiger partial charge in [0.1, 0.15) is 0 Å². The highest BCUT2D eigenvalue weighted by atomic mass is 32.2. The molecule has 0 saturated heterocycles. The van der Waals surface area contributed by atoms with Crippen molar-refractivity contribution in [2.45, 2.75) is 26.3 Å². The Hall–Kier alpha value is -0.950. The minimum atomic E-state index is -3.47. The Morgan fingerprint density at radius 3 is 2.58 bits per heavy atom. The second-order valence-electron chi connectivity index (χ2n) is 4.66. The molecule has 0 aliphatic carbocycles. The van der Waals surface area contributed by atoms with Gasteiger partial charge in [0.2, 0.25) is 0 Å². The fourth-order valence-electron chi connectivity index (χ4n) is 1.88. The van der Waals surface area contributed by atoms with Crippen LogP contribution < -0.4 is 10.5 Å². The summed E-state index contributed by atoms with van der Waals surface area (Å²) >= 11 is 0. The molecule has 19 heavy (non-hydrogen) atoms. The molecule has 1 unspecified atom stereocenters. The second kappa shape index (κ2) is 7.00. The lowest BCUT2D eigenvalue weighted by molar-refractivity contribution is 0.446. The Kier molecular flexibility index (Phi) is 5.93. The van der Waals surface area contributed by atoms with Gasteiger partial charge in [0.05, 0.1) is 0 Å².